The van der Waals surface area contributed by atoms with Crippen LogP contribution in [0.5, 0.6) is 0 Å². The molecular weight excluding hydrogens is 593 g/mol. The van der Waals surface area contributed by atoms with Gasteiger partial charge in [-0.25, -0.2) is 25.2 Å². The zero-order valence-corrected chi connectivity index (χ0v) is 26.2. The van der Waals surface area contributed by atoms with E-state index in [1.807, 2.05) is 13.8 Å². The van der Waals surface area contributed by atoms with E-state index in [9.17, 15) is 24.1 Å². The molecule has 2 aliphatic rings. The van der Waals surface area contributed by atoms with E-state index in [0.29, 0.717) is 35.5 Å². The molecule has 44 heavy (non-hydrogen) atoms. The Hall–Kier alpha value is -3.65. The highest BCUT2D eigenvalue weighted by molar-refractivity contribution is 7.59. The SMILES string of the molecule is CCCCOC(=O)[C@H](C)NP(=O)(CCC1=C[C@@H](O)[C@H](N2Nc3ccc(=O)nc4ncnc2c34)O1)N[C@H](C)C(=O)OCCCC. The molecule has 0 amide bonds. The van der Waals surface area contributed by atoms with Gasteiger partial charge in [-0.3, -0.25) is 24.4 Å². The number of hydrogen-bond donors (Lipinski definition) is 4. The van der Waals surface area contributed by atoms with Crippen molar-refractivity contribution in [3.8, 4) is 0 Å². The topological polar surface area (TPSA) is 194 Å². The number of rotatable bonds is 16. The van der Waals surface area contributed by atoms with Crippen LogP contribution in [0.4, 0.5) is 11.5 Å². The summed E-state index contributed by atoms with van der Waals surface area (Å²) in [5.41, 5.74) is 3.35. The molecule has 0 aromatic carbocycles. The molecule has 15 nitrogen and oxygen atoms in total. The predicted molar refractivity (Wildman–Crippen MR) is 163 cm³/mol. The molecule has 0 saturated carbocycles. The van der Waals surface area contributed by atoms with Crippen molar-refractivity contribution in [1.82, 2.24) is 25.1 Å². The lowest BCUT2D eigenvalue weighted by atomic mass is 10.2. The van der Waals surface area contributed by atoms with E-state index >= 15 is 0 Å². The summed E-state index contributed by atoms with van der Waals surface area (Å²) in [4.78, 5) is 49.4. The molecule has 2 aromatic heterocycles. The summed E-state index contributed by atoms with van der Waals surface area (Å²) in [5.74, 6) is -0.413. The van der Waals surface area contributed by atoms with Gasteiger partial charge >= 0.3 is 11.9 Å². The van der Waals surface area contributed by atoms with Crippen molar-refractivity contribution in [3.05, 3.63) is 40.6 Å². The van der Waals surface area contributed by atoms with Crippen LogP contribution in [0.3, 0.4) is 0 Å². The van der Waals surface area contributed by atoms with Gasteiger partial charge in [0.1, 0.15) is 24.5 Å². The fourth-order valence-corrected chi connectivity index (χ4v) is 6.98. The third kappa shape index (κ3) is 8.08. The minimum absolute atomic E-state index is 0.0606. The number of nitrogens with zero attached hydrogens (tertiary/aromatic N) is 4. The number of carbonyl (C=O) groups excluding carboxylic acids is 2. The molecule has 2 aromatic rings. The summed E-state index contributed by atoms with van der Waals surface area (Å²) in [5, 5.41) is 18.6. The van der Waals surface area contributed by atoms with Crippen molar-refractivity contribution in [1.29, 1.82) is 0 Å². The van der Waals surface area contributed by atoms with Crippen LogP contribution >= 0.6 is 7.44 Å². The Bertz CT molecular complexity index is 1460. The van der Waals surface area contributed by atoms with Gasteiger partial charge in [0.25, 0.3) is 5.56 Å². The zero-order chi connectivity index (χ0) is 31.9. The number of ether oxygens (including phenoxy) is 3. The number of esters is 2. The number of unbranched alkanes of at least 4 members (excludes halogenated alkanes) is 2. The van der Waals surface area contributed by atoms with Crippen LogP contribution < -0.4 is 26.2 Å². The summed E-state index contributed by atoms with van der Waals surface area (Å²) in [6, 6.07) is 0.993. The van der Waals surface area contributed by atoms with Crippen molar-refractivity contribution in [2.45, 2.75) is 84.2 Å². The third-order valence-corrected chi connectivity index (χ3v) is 9.46. The number of aliphatic hydroxyl groups excluding tert-OH is 1. The van der Waals surface area contributed by atoms with E-state index < -0.39 is 49.4 Å². The minimum Gasteiger partial charge on any atom is -0.470 e. The number of hydrogen-bond acceptors (Lipinski definition) is 13. The molecule has 5 atom stereocenters. The lowest BCUT2D eigenvalue weighted by molar-refractivity contribution is -0.145. The number of hydrazine groups is 1. The van der Waals surface area contributed by atoms with Crippen LogP contribution in [0.25, 0.3) is 11.0 Å². The van der Waals surface area contributed by atoms with Crippen molar-refractivity contribution < 1.29 is 33.5 Å². The average molecular weight is 634 g/mol. The lowest BCUT2D eigenvalue weighted by Gasteiger charge is -2.29. The molecule has 4 N–H and O–H groups in total. The number of nitrogens with one attached hydrogen (secondary N) is 3. The van der Waals surface area contributed by atoms with Gasteiger partial charge in [0.15, 0.2) is 11.5 Å². The van der Waals surface area contributed by atoms with Crippen LogP contribution in [0, 0.1) is 0 Å². The number of aromatic nitrogens is 3. The van der Waals surface area contributed by atoms with E-state index in [1.54, 1.807) is 19.9 Å². The first-order valence-electron chi connectivity index (χ1n) is 14.8. The zero-order valence-electron chi connectivity index (χ0n) is 25.3. The van der Waals surface area contributed by atoms with Gasteiger partial charge < -0.3 is 19.3 Å². The standard InChI is InChI=1S/C28H40N7O8P/c1-5-7-12-41-27(38)17(3)33-44(40,34-18(4)28(39)42-13-8-6-2)14-11-19-15-21(36)26(43-19)35-25-23-20(32-35)9-10-22(37)31-24(23)29-16-30-25/h9-10,15-18,21,26,32,36H,5-8,11-14H2,1-4H3,(H2,33,34,40)/t17-,18+,21-,26-,44?/m1/s1. The van der Waals surface area contributed by atoms with Gasteiger partial charge in [0.2, 0.25) is 13.7 Å². The largest absolute Gasteiger partial charge is 0.470 e. The maximum Gasteiger partial charge on any atom is 0.323 e. The average Bonchev–Trinajstić information content (AvgIpc) is 3.49. The molecule has 2 aliphatic heterocycles. The van der Waals surface area contributed by atoms with Crippen molar-refractivity contribution in [2.75, 3.05) is 29.8 Å². The molecule has 1 unspecified atom stereocenters. The third-order valence-electron chi connectivity index (χ3n) is 7.00. The van der Waals surface area contributed by atoms with Gasteiger partial charge in [-0.2, -0.15) is 4.98 Å². The fraction of sp³-hybridized carbons (Fsp3) is 0.571. The van der Waals surface area contributed by atoms with Crippen molar-refractivity contribution >= 4 is 41.9 Å². The molecule has 0 radical (unpaired) electrons. The first kappa shape index (κ1) is 33.2. The van der Waals surface area contributed by atoms with Crippen molar-refractivity contribution in [2.24, 2.45) is 0 Å². The molecule has 0 spiro atoms. The van der Waals surface area contributed by atoms with Gasteiger partial charge in [-0.1, -0.05) is 26.7 Å². The minimum atomic E-state index is -3.62. The van der Waals surface area contributed by atoms with Gasteiger partial charge in [-0.05, 0) is 38.8 Å². The molecule has 16 heteroatoms. The van der Waals surface area contributed by atoms with E-state index in [4.69, 9.17) is 14.2 Å². The first-order chi connectivity index (χ1) is 21.0. The Labute approximate surface area is 255 Å². The highest BCUT2D eigenvalue weighted by atomic mass is 31.2. The number of allylic oxidation sites excluding steroid dienone is 1. The maximum absolute atomic E-state index is 14.2. The highest BCUT2D eigenvalue weighted by Crippen LogP contribution is 2.42. The van der Waals surface area contributed by atoms with E-state index in [-0.39, 0.29) is 31.4 Å². The normalized spacial score (nSPS) is 19.8. The summed E-state index contributed by atoms with van der Waals surface area (Å²) in [7, 11) is -3.62. The van der Waals surface area contributed by atoms with Crippen molar-refractivity contribution in [3.63, 3.8) is 0 Å². The van der Waals surface area contributed by atoms with Crippen LogP contribution in [0.15, 0.2) is 35.1 Å². The van der Waals surface area contributed by atoms with E-state index in [1.165, 1.54) is 23.5 Å². The van der Waals surface area contributed by atoms with Crippen LogP contribution in [0.2, 0.25) is 0 Å². The Kier molecular flexibility index (Phi) is 11.2. The number of aliphatic hydroxyl groups is 1. The molecule has 4 heterocycles. The van der Waals surface area contributed by atoms with E-state index in [2.05, 4.69) is 30.6 Å². The number of carbonyl (C=O) groups is 2. The predicted octanol–water partition coefficient (Wildman–Crippen LogP) is 2.36. The molecule has 0 fully saturated rings. The Morgan fingerprint density at radius 1 is 1.09 bits per heavy atom. The second kappa shape index (κ2) is 14.9. The highest BCUT2D eigenvalue weighted by Gasteiger charge is 2.39. The second-order valence-electron chi connectivity index (χ2n) is 10.7. The Morgan fingerprint density at radius 2 is 1.73 bits per heavy atom. The number of anilines is 2. The fourth-order valence-electron chi connectivity index (χ4n) is 4.65. The molecule has 240 valence electrons. The van der Waals surface area contributed by atoms with Gasteiger partial charge in [0.05, 0.1) is 30.0 Å². The molecule has 4 rings (SSSR count). The molecule has 0 aliphatic carbocycles. The van der Waals surface area contributed by atoms with Crippen LogP contribution in [0.1, 0.15) is 59.8 Å². The quantitative estimate of drug-likeness (QED) is 0.119. The maximum atomic E-state index is 14.2. The lowest BCUT2D eigenvalue weighted by Crippen LogP contribution is -2.44. The van der Waals surface area contributed by atoms with Crippen LogP contribution in [-0.4, -0.2) is 75.8 Å². The summed E-state index contributed by atoms with van der Waals surface area (Å²) in [6.07, 6.45) is 3.86. The van der Waals surface area contributed by atoms with E-state index in [0.717, 1.165) is 12.8 Å². The van der Waals surface area contributed by atoms with Crippen LogP contribution in [-0.2, 0) is 28.4 Å². The Balaban J connectivity index is 1.45. The molecule has 0 saturated heterocycles. The second-order valence-corrected chi connectivity index (χ2v) is 13.1. The van der Waals surface area contributed by atoms with Gasteiger partial charge in [0, 0.05) is 18.6 Å². The first-order valence-corrected chi connectivity index (χ1v) is 16.7. The van der Waals surface area contributed by atoms with Gasteiger partial charge in [-0.15, -0.1) is 0 Å². The monoisotopic (exact) mass is 633 g/mol. The summed E-state index contributed by atoms with van der Waals surface area (Å²) in [6.45, 7) is 7.54. The Morgan fingerprint density at radius 3 is 2.34 bits per heavy atom. The summed E-state index contributed by atoms with van der Waals surface area (Å²) < 4.78 is 30.8. The molecular formula is C28H40N7O8P. The molecule has 0 bridgehead atoms. The summed E-state index contributed by atoms with van der Waals surface area (Å²) >= 11 is 0. The smallest absolute Gasteiger partial charge is 0.323 e.